The van der Waals surface area contributed by atoms with Crippen molar-refractivity contribution in [1.29, 1.82) is 0 Å². The molecule has 4 rings (SSSR count). The van der Waals surface area contributed by atoms with Gasteiger partial charge in [0.25, 0.3) is 5.91 Å². The molecule has 0 radical (unpaired) electrons. The summed E-state index contributed by atoms with van der Waals surface area (Å²) in [5, 5.41) is 19.6. The van der Waals surface area contributed by atoms with E-state index in [0.29, 0.717) is 24.3 Å². The number of carboxylic acid groups (broad SMARTS) is 1. The molecular formula is C23H28N2O7. The summed E-state index contributed by atoms with van der Waals surface area (Å²) in [7, 11) is 1.55. The second-order valence-corrected chi connectivity index (χ2v) is 8.61. The first-order chi connectivity index (χ1) is 15.3. The molecule has 2 amide bonds. The summed E-state index contributed by atoms with van der Waals surface area (Å²) in [6, 6.07) is 5.21. The average Bonchev–Trinajstić information content (AvgIpc) is 3.44. The quantitative estimate of drug-likeness (QED) is 0.576. The molecule has 3 saturated heterocycles. The third-order valence-electron chi connectivity index (χ3n) is 6.96. The number of carbonyl (C=O) groups excluding carboxylic acids is 2. The number of methoxy groups -OCH3 is 1. The molecule has 3 aliphatic rings. The summed E-state index contributed by atoms with van der Waals surface area (Å²) in [6.45, 7) is 5.22. The monoisotopic (exact) mass is 444 g/mol. The lowest BCUT2D eigenvalue weighted by molar-refractivity contribution is -0.150. The van der Waals surface area contributed by atoms with E-state index in [9.17, 15) is 24.6 Å². The van der Waals surface area contributed by atoms with Gasteiger partial charge >= 0.3 is 5.97 Å². The molecule has 0 aromatic heterocycles. The third kappa shape index (κ3) is 3.10. The Kier molecular flexibility index (Phi) is 5.72. The van der Waals surface area contributed by atoms with Crippen LogP contribution in [-0.4, -0.2) is 76.9 Å². The fraction of sp³-hybridized carbons (Fsp3) is 0.522. The maximum atomic E-state index is 14.0. The number of rotatable bonds is 8. The minimum absolute atomic E-state index is 0.184. The van der Waals surface area contributed by atoms with Crippen LogP contribution in [0.2, 0.25) is 0 Å². The first kappa shape index (κ1) is 22.3. The zero-order valence-electron chi connectivity index (χ0n) is 18.1. The second kappa shape index (κ2) is 8.22. The van der Waals surface area contributed by atoms with Gasteiger partial charge in [-0.25, -0.2) is 0 Å². The van der Waals surface area contributed by atoms with Gasteiger partial charge in [-0.05, 0) is 44.0 Å². The third-order valence-corrected chi connectivity index (χ3v) is 6.96. The van der Waals surface area contributed by atoms with Crippen molar-refractivity contribution in [2.45, 2.75) is 43.6 Å². The molecule has 32 heavy (non-hydrogen) atoms. The van der Waals surface area contributed by atoms with Crippen LogP contribution in [0.5, 0.6) is 5.75 Å². The molecule has 172 valence electrons. The molecule has 6 atom stereocenters. The summed E-state index contributed by atoms with van der Waals surface area (Å²) < 4.78 is 11.4. The zero-order valence-corrected chi connectivity index (χ0v) is 18.1. The Balaban J connectivity index is 1.78. The molecule has 3 fully saturated rings. The van der Waals surface area contributed by atoms with E-state index in [0.717, 1.165) is 0 Å². The van der Waals surface area contributed by atoms with Crippen LogP contribution in [0.25, 0.3) is 0 Å². The molecular weight excluding hydrogens is 416 g/mol. The van der Waals surface area contributed by atoms with Gasteiger partial charge in [0, 0.05) is 12.2 Å². The van der Waals surface area contributed by atoms with E-state index in [-0.39, 0.29) is 13.2 Å². The van der Waals surface area contributed by atoms with Gasteiger partial charge in [-0.1, -0.05) is 6.08 Å². The van der Waals surface area contributed by atoms with E-state index in [1.165, 1.54) is 9.80 Å². The van der Waals surface area contributed by atoms with Gasteiger partial charge in [0.15, 0.2) is 0 Å². The molecule has 9 nitrogen and oxygen atoms in total. The van der Waals surface area contributed by atoms with Crippen molar-refractivity contribution in [2.24, 2.45) is 11.8 Å². The highest BCUT2D eigenvalue weighted by Gasteiger charge is 2.75. The number of benzene rings is 1. The molecule has 0 saturated carbocycles. The van der Waals surface area contributed by atoms with E-state index in [4.69, 9.17) is 9.47 Å². The lowest BCUT2D eigenvalue weighted by Crippen LogP contribution is -2.58. The second-order valence-electron chi connectivity index (χ2n) is 8.61. The van der Waals surface area contributed by atoms with Gasteiger partial charge < -0.3 is 29.5 Å². The van der Waals surface area contributed by atoms with Crippen molar-refractivity contribution in [1.82, 2.24) is 4.90 Å². The van der Waals surface area contributed by atoms with Crippen LogP contribution in [0, 0.1) is 11.8 Å². The standard InChI is InChI=1S/C23H28N2O7/c1-4-11-24(14-5-7-15(31-3)8-6-14)21(28)19-23-10-9-16(32-23)17(22(29)30)18(23)20(27)25(19)13(2)12-26/h4-8,13,16-19,26H,1,9-12H2,2-3H3,(H,29,30)/t13-,16-,17+,18+,19?,23?/m1/s1. The van der Waals surface area contributed by atoms with Crippen molar-refractivity contribution in [2.75, 3.05) is 25.2 Å². The van der Waals surface area contributed by atoms with E-state index in [1.54, 1.807) is 44.4 Å². The topological polar surface area (TPSA) is 117 Å². The minimum Gasteiger partial charge on any atom is -0.497 e. The number of aliphatic hydroxyl groups is 1. The van der Waals surface area contributed by atoms with Crippen LogP contribution in [0.3, 0.4) is 0 Å². The molecule has 1 aromatic rings. The van der Waals surface area contributed by atoms with Gasteiger partial charge in [0.1, 0.15) is 17.4 Å². The molecule has 2 unspecified atom stereocenters. The lowest BCUT2D eigenvalue weighted by atomic mass is 9.70. The van der Waals surface area contributed by atoms with Crippen molar-refractivity contribution in [3.8, 4) is 5.75 Å². The summed E-state index contributed by atoms with van der Waals surface area (Å²) >= 11 is 0. The van der Waals surface area contributed by atoms with E-state index >= 15 is 0 Å². The normalized spacial score (nSPS) is 31.3. The van der Waals surface area contributed by atoms with E-state index in [2.05, 4.69) is 6.58 Å². The molecule has 1 spiro atoms. The lowest BCUT2D eigenvalue weighted by Gasteiger charge is -2.38. The first-order valence-electron chi connectivity index (χ1n) is 10.7. The van der Waals surface area contributed by atoms with Gasteiger partial charge in [-0.15, -0.1) is 6.58 Å². The van der Waals surface area contributed by atoms with Crippen LogP contribution < -0.4 is 9.64 Å². The number of carboxylic acids is 1. The number of carbonyl (C=O) groups is 3. The largest absolute Gasteiger partial charge is 0.497 e. The number of aliphatic carboxylic acids is 1. The minimum atomic E-state index is -1.22. The highest BCUT2D eigenvalue weighted by Crippen LogP contribution is 2.59. The number of nitrogens with zero attached hydrogens (tertiary/aromatic N) is 2. The van der Waals surface area contributed by atoms with Gasteiger partial charge in [0.2, 0.25) is 5.91 Å². The smallest absolute Gasteiger partial charge is 0.310 e. The Bertz CT molecular complexity index is 933. The first-order valence-corrected chi connectivity index (χ1v) is 10.7. The fourth-order valence-electron chi connectivity index (χ4n) is 5.58. The Labute approximate surface area is 186 Å². The summed E-state index contributed by atoms with van der Waals surface area (Å²) in [4.78, 5) is 42.3. The highest BCUT2D eigenvalue weighted by atomic mass is 16.5. The van der Waals surface area contributed by atoms with Crippen LogP contribution in [-0.2, 0) is 19.1 Å². The number of anilines is 1. The SMILES string of the molecule is C=CCN(C(=O)C1N([C@H](C)CO)C(=O)[C@@H]2[C@@H](C(=O)O)[C@H]3CCC12O3)c1ccc(OC)cc1. The predicted molar refractivity (Wildman–Crippen MR) is 114 cm³/mol. The maximum Gasteiger partial charge on any atom is 0.310 e. The number of amides is 2. The Morgan fingerprint density at radius 2 is 2.09 bits per heavy atom. The fourth-order valence-corrected chi connectivity index (χ4v) is 5.58. The van der Waals surface area contributed by atoms with Crippen molar-refractivity contribution >= 4 is 23.5 Å². The van der Waals surface area contributed by atoms with Crippen molar-refractivity contribution < 1.29 is 34.1 Å². The van der Waals surface area contributed by atoms with Gasteiger partial charge in [-0.2, -0.15) is 0 Å². The molecule has 9 heteroatoms. The van der Waals surface area contributed by atoms with Crippen LogP contribution in [0.1, 0.15) is 19.8 Å². The number of likely N-dealkylation sites (tertiary alicyclic amines) is 1. The number of hydrogen-bond donors (Lipinski definition) is 2. The van der Waals surface area contributed by atoms with Gasteiger partial charge in [0.05, 0.1) is 37.7 Å². The zero-order chi connectivity index (χ0) is 23.2. The number of hydrogen-bond acceptors (Lipinski definition) is 6. The number of ether oxygens (including phenoxy) is 2. The molecule has 1 aromatic carbocycles. The average molecular weight is 444 g/mol. The summed E-state index contributed by atoms with van der Waals surface area (Å²) in [5.41, 5.74) is -0.640. The van der Waals surface area contributed by atoms with E-state index in [1.807, 2.05) is 0 Å². The Morgan fingerprint density at radius 3 is 2.66 bits per heavy atom. The Hall–Kier alpha value is -2.91. The van der Waals surface area contributed by atoms with Crippen molar-refractivity contribution in [3.05, 3.63) is 36.9 Å². The molecule has 2 N–H and O–H groups in total. The van der Waals surface area contributed by atoms with Crippen molar-refractivity contribution in [3.63, 3.8) is 0 Å². The van der Waals surface area contributed by atoms with Crippen LogP contribution in [0.4, 0.5) is 5.69 Å². The molecule has 3 heterocycles. The number of fused-ring (bicyclic) bond motifs is 1. The van der Waals surface area contributed by atoms with Crippen LogP contribution in [0.15, 0.2) is 36.9 Å². The summed E-state index contributed by atoms with van der Waals surface area (Å²) in [6.07, 6.45) is 1.86. The molecule has 0 aliphatic carbocycles. The van der Waals surface area contributed by atoms with Gasteiger partial charge in [-0.3, -0.25) is 14.4 Å². The van der Waals surface area contributed by atoms with Crippen LogP contribution >= 0.6 is 0 Å². The van der Waals surface area contributed by atoms with E-state index < -0.39 is 53.4 Å². The highest BCUT2D eigenvalue weighted by molar-refractivity contribution is 6.04. The Morgan fingerprint density at radius 1 is 1.41 bits per heavy atom. The molecule has 2 bridgehead atoms. The predicted octanol–water partition coefficient (Wildman–Crippen LogP) is 1.05. The summed E-state index contributed by atoms with van der Waals surface area (Å²) in [5.74, 6) is -3.27. The number of aliphatic hydroxyl groups excluding tert-OH is 1. The maximum absolute atomic E-state index is 14.0. The molecule has 3 aliphatic heterocycles.